The van der Waals surface area contributed by atoms with Crippen LogP contribution in [-0.2, 0) is 11.3 Å². The number of hydrogen-bond acceptors (Lipinski definition) is 3. The smallest absolute Gasteiger partial charge is 0.387 e. The summed E-state index contributed by atoms with van der Waals surface area (Å²) in [6.45, 7) is -2.67. The summed E-state index contributed by atoms with van der Waals surface area (Å²) in [5.41, 5.74) is 2.11. The summed E-state index contributed by atoms with van der Waals surface area (Å²) in [5, 5.41) is 4.99. The van der Waals surface area contributed by atoms with Crippen LogP contribution in [0.25, 0.3) is 0 Å². The van der Waals surface area contributed by atoms with Gasteiger partial charge in [-0.25, -0.2) is 0 Å². The van der Waals surface area contributed by atoms with Crippen molar-refractivity contribution in [2.75, 3.05) is 7.11 Å². The van der Waals surface area contributed by atoms with Crippen LogP contribution in [-0.4, -0.2) is 19.6 Å². The summed E-state index contributed by atoms with van der Waals surface area (Å²) in [4.78, 5) is 12.6. The predicted molar refractivity (Wildman–Crippen MR) is 87.0 cm³/mol. The SMILES string of the molecule is COC1NC(=O)c2ccc(Cl)cc2[NH2+]Cc2c(OC(F)F)cccc21. The predicted octanol–water partition coefficient (Wildman–Crippen LogP) is 2.72. The molecule has 25 heavy (non-hydrogen) atoms. The van der Waals surface area contributed by atoms with Crippen molar-refractivity contribution in [2.45, 2.75) is 19.4 Å². The molecule has 1 aliphatic rings. The fourth-order valence-corrected chi connectivity index (χ4v) is 3.02. The van der Waals surface area contributed by atoms with Crippen LogP contribution in [0, 0.1) is 0 Å². The lowest BCUT2D eigenvalue weighted by molar-refractivity contribution is -0.588. The van der Waals surface area contributed by atoms with Crippen LogP contribution in [0.5, 0.6) is 5.75 Å². The number of methoxy groups -OCH3 is 1. The number of benzene rings is 2. The molecule has 5 nitrogen and oxygen atoms in total. The van der Waals surface area contributed by atoms with E-state index in [0.717, 1.165) is 0 Å². The second-order valence-corrected chi connectivity index (χ2v) is 5.87. The molecule has 1 unspecified atom stereocenters. The minimum absolute atomic E-state index is 0.0468. The Hall–Kier alpha value is -2.22. The Morgan fingerprint density at radius 1 is 1.32 bits per heavy atom. The number of amides is 1. The van der Waals surface area contributed by atoms with Gasteiger partial charge in [-0.05, 0) is 18.2 Å². The Labute approximate surface area is 147 Å². The third kappa shape index (κ3) is 3.73. The monoisotopic (exact) mass is 369 g/mol. The molecule has 0 bridgehead atoms. The Bertz CT molecular complexity index is 801. The molecule has 2 aromatic rings. The first-order chi connectivity index (χ1) is 12.0. The lowest BCUT2D eigenvalue weighted by atomic mass is 10.0. The van der Waals surface area contributed by atoms with Gasteiger partial charge in [-0.3, -0.25) is 4.79 Å². The van der Waals surface area contributed by atoms with Gasteiger partial charge in [-0.15, -0.1) is 0 Å². The van der Waals surface area contributed by atoms with Gasteiger partial charge >= 0.3 is 6.61 Å². The maximum absolute atomic E-state index is 12.7. The average Bonchev–Trinajstić information content (AvgIpc) is 2.62. The van der Waals surface area contributed by atoms with E-state index < -0.39 is 12.8 Å². The second-order valence-electron chi connectivity index (χ2n) is 5.43. The molecule has 2 aromatic carbocycles. The molecule has 0 aromatic heterocycles. The zero-order valence-corrected chi connectivity index (χ0v) is 14.0. The average molecular weight is 370 g/mol. The molecule has 3 N–H and O–H groups in total. The van der Waals surface area contributed by atoms with Crippen molar-refractivity contribution in [1.82, 2.24) is 5.32 Å². The van der Waals surface area contributed by atoms with Crippen LogP contribution < -0.4 is 15.4 Å². The molecule has 0 spiro atoms. The molecule has 0 fully saturated rings. The minimum Gasteiger partial charge on any atom is -0.434 e. The standard InChI is InChI=1S/C17H15ClF2N2O3/c1-24-16-10-3-2-4-14(25-17(19)20)12(10)8-21-13-7-9(18)5-6-11(13)15(23)22-16/h2-7,16-17,21H,8H2,1H3,(H,22,23)/p+1. The largest absolute Gasteiger partial charge is 0.434 e. The maximum Gasteiger partial charge on any atom is 0.387 e. The van der Waals surface area contributed by atoms with Crippen molar-refractivity contribution in [2.24, 2.45) is 0 Å². The lowest BCUT2D eigenvalue weighted by Gasteiger charge is -2.20. The lowest BCUT2D eigenvalue weighted by Crippen LogP contribution is -2.76. The molecule has 0 radical (unpaired) electrons. The molecule has 0 saturated heterocycles. The number of halogens is 3. The highest BCUT2D eigenvalue weighted by molar-refractivity contribution is 6.31. The molecule has 1 heterocycles. The van der Waals surface area contributed by atoms with Gasteiger partial charge in [0.1, 0.15) is 23.5 Å². The van der Waals surface area contributed by atoms with E-state index in [1.165, 1.54) is 13.2 Å². The molecule has 1 amide bonds. The molecule has 8 heteroatoms. The van der Waals surface area contributed by atoms with Gasteiger partial charge in [0.2, 0.25) is 0 Å². The van der Waals surface area contributed by atoms with Crippen molar-refractivity contribution in [3.8, 4) is 5.75 Å². The molecule has 0 aliphatic carbocycles. The van der Waals surface area contributed by atoms with E-state index in [-0.39, 0.29) is 18.2 Å². The number of hydrogen-bond donors (Lipinski definition) is 2. The molecular formula is C17H16ClF2N2O3+. The number of nitrogens with one attached hydrogen (secondary N) is 1. The van der Waals surface area contributed by atoms with Crippen LogP contribution in [0.3, 0.4) is 0 Å². The van der Waals surface area contributed by atoms with Crippen LogP contribution in [0.4, 0.5) is 14.5 Å². The number of fused-ring (bicyclic) bond motifs is 2. The van der Waals surface area contributed by atoms with E-state index in [1.54, 1.807) is 35.6 Å². The topological polar surface area (TPSA) is 64.2 Å². The van der Waals surface area contributed by atoms with E-state index in [2.05, 4.69) is 10.1 Å². The van der Waals surface area contributed by atoms with Gasteiger partial charge in [0, 0.05) is 23.8 Å². The van der Waals surface area contributed by atoms with Gasteiger partial charge in [0.05, 0.1) is 5.56 Å². The van der Waals surface area contributed by atoms with Crippen molar-refractivity contribution in [3.05, 3.63) is 58.1 Å². The molecule has 1 aliphatic heterocycles. The van der Waals surface area contributed by atoms with Crippen molar-refractivity contribution in [1.29, 1.82) is 0 Å². The number of carbonyl (C=O) groups is 1. The maximum atomic E-state index is 12.7. The van der Waals surface area contributed by atoms with Crippen molar-refractivity contribution < 1.29 is 28.4 Å². The van der Waals surface area contributed by atoms with Crippen LogP contribution >= 0.6 is 11.6 Å². The van der Waals surface area contributed by atoms with Crippen LogP contribution in [0.2, 0.25) is 5.02 Å². The molecular weight excluding hydrogens is 354 g/mol. The Balaban J connectivity index is 2.10. The Kier molecular flexibility index (Phi) is 5.17. The summed E-state index contributed by atoms with van der Waals surface area (Å²) < 4.78 is 35.5. The van der Waals surface area contributed by atoms with E-state index in [0.29, 0.717) is 27.4 Å². The van der Waals surface area contributed by atoms with E-state index in [9.17, 15) is 13.6 Å². The Morgan fingerprint density at radius 2 is 2.12 bits per heavy atom. The van der Waals surface area contributed by atoms with E-state index in [4.69, 9.17) is 16.3 Å². The first-order valence-electron chi connectivity index (χ1n) is 7.52. The number of alkyl halides is 2. The normalized spacial score (nSPS) is 17.0. The van der Waals surface area contributed by atoms with Gasteiger partial charge in [-0.2, -0.15) is 8.78 Å². The fourth-order valence-electron chi connectivity index (χ4n) is 2.83. The van der Waals surface area contributed by atoms with E-state index in [1.807, 2.05) is 0 Å². The van der Waals surface area contributed by atoms with Gasteiger partial charge in [0.15, 0.2) is 6.23 Å². The zero-order valence-electron chi connectivity index (χ0n) is 13.3. The van der Waals surface area contributed by atoms with Gasteiger partial charge < -0.3 is 20.1 Å². The first-order valence-corrected chi connectivity index (χ1v) is 7.90. The molecule has 3 rings (SSSR count). The van der Waals surface area contributed by atoms with Crippen molar-refractivity contribution in [3.63, 3.8) is 0 Å². The molecule has 0 saturated carbocycles. The molecule has 132 valence electrons. The van der Waals surface area contributed by atoms with Gasteiger partial charge in [0.25, 0.3) is 5.91 Å². The fraction of sp³-hybridized carbons (Fsp3) is 0.235. The quantitative estimate of drug-likeness (QED) is 0.818. The summed E-state index contributed by atoms with van der Waals surface area (Å²) >= 11 is 6.02. The van der Waals surface area contributed by atoms with Crippen LogP contribution in [0.15, 0.2) is 36.4 Å². The first kappa shape index (κ1) is 17.6. The molecule has 1 atom stereocenters. The summed E-state index contributed by atoms with van der Waals surface area (Å²) in [6, 6.07) is 9.63. The third-order valence-electron chi connectivity index (χ3n) is 3.95. The second kappa shape index (κ2) is 7.35. The van der Waals surface area contributed by atoms with Crippen LogP contribution in [0.1, 0.15) is 27.7 Å². The van der Waals surface area contributed by atoms with Gasteiger partial charge in [-0.1, -0.05) is 23.7 Å². The number of carbonyl (C=O) groups excluding carboxylic acids is 1. The minimum atomic E-state index is -2.95. The summed E-state index contributed by atoms with van der Waals surface area (Å²) in [7, 11) is 1.43. The number of nitrogens with two attached hydrogens (primary N) is 1. The summed E-state index contributed by atoms with van der Waals surface area (Å²) in [5.74, 6) is -0.298. The van der Waals surface area contributed by atoms with E-state index >= 15 is 0 Å². The highest BCUT2D eigenvalue weighted by atomic mass is 35.5. The highest BCUT2D eigenvalue weighted by Crippen LogP contribution is 2.30. The Morgan fingerprint density at radius 3 is 2.84 bits per heavy atom. The highest BCUT2D eigenvalue weighted by Gasteiger charge is 2.27. The number of quaternary nitrogens is 1. The summed E-state index contributed by atoms with van der Waals surface area (Å²) in [6.07, 6.45) is -0.793. The number of rotatable bonds is 3. The third-order valence-corrected chi connectivity index (χ3v) is 4.19. The van der Waals surface area contributed by atoms with Crippen molar-refractivity contribution >= 4 is 23.2 Å². The number of ether oxygens (including phenoxy) is 2. The zero-order chi connectivity index (χ0) is 18.0.